The maximum absolute atomic E-state index is 13.9. The first kappa shape index (κ1) is 22.0. The molecule has 1 aromatic carbocycles. The summed E-state index contributed by atoms with van der Waals surface area (Å²) in [4.78, 5) is 38.4. The minimum absolute atomic E-state index is 0.254. The van der Waals surface area contributed by atoms with Crippen molar-refractivity contribution in [1.29, 1.82) is 0 Å². The van der Waals surface area contributed by atoms with Gasteiger partial charge in [-0.15, -0.1) is 0 Å². The van der Waals surface area contributed by atoms with Gasteiger partial charge in [-0.1, -0.05) is 12.1 Å². The van der Waals surface area contributed by atoms with E-state index in [1.165, 1.54) is 25.1 Å². The Kier molecular flexibility index (Phi) is 6.59. The first-order chi connectivity index (χ1) is 12.9. The summed E-state index contributed by atoms with van der Waals surface area (Å²) < 4.78 is 24.4. The lowest BCUT2D eigenvalue weighted by molar-refractivity contribution is -0.176. The number of ether oxygens (including phenoxy) is 2. The van der Waals surface area contributed by atoms with Crippen LogP contribution in [-0.2, 0) is 23.9 Å². The number of halogens is 1. The maximum Gasteiger partial charge on any atom is 0.317 e. The zero-order valence-electron chi connectivity index (χ0n) is 16.8. The molecule has 2 rings (SSSR count). The highest BCUT2D eigenvalue weighted by Crippen LogP contribution is 2.47. The fraction of sp³-hybridized carbons (Fsp3) is 0.571. The number of benzene rings is 1. The molecule has 1 aliphatic carbocycles. The average molecular weight is 394 g/mol. The highest BCUT2D eigenvalue weighted by Gasteiger charge is 2.57. The SMILES string of the molecule is CC(C)OC(=O)[C@H]1C(=O)C[C@@](C)(O)[C@H](C(=O)OC(C)C)[C@H]1c1cccc(F)c1. The lowest BCUT2D eigenvalue weighted by atomic mass is 9.61. The number of esters is 2. The standard InChI is InChI=1S/C21H27FO6/c1-11(2)27-19(24)17-15(23)10-21(5,26)18(20(25)28-12(3)4)16(17)13-7-6-8-14(22)9-13/h6-9,11-12,16-18,26H,10H2,1-5H3/t16-,17-,18-,21+/m0/s1. The molecule has 7 heteroatoms. The number of carbonyl (C=O) groups excluding carboxylic acids is 3. The normalized spacial score (nSPS) is 27.8. The Labute approximate surface area is 164 Å². The molecule has 0 bridgehead atoms. The number of hydrogen-bond acceptors (Lipinski definition) is 6. The molecule has 154 valence electrons. The van der Waals surface area contributed by atoms with Crippen molar-refractivity contribution in [2.45, 2.75) is 64.8 Å². The van der Waals surface area contributed by atoms with Crippen LogP contribution in [0.15, 0.2) is 24.3 Å². The zero-order valence-corrected chi connectivity index (χ0v) is 16.8. The molecule has 0 unspecified atom stereocenters. The summed E-state index contributed by atoms with van der Waals surface area (Å²) in [5.74, 6) is -6.37. The van der Waals surface area contributed by atoms with E-state index in [-0.39, 0.29) is 5.56 Å². The summed E-state index contributed by atoms with van der Waals surface area (Å²) in [5.41, 5.74) is -1.50. The van der Waals surface area contributed by atoms with Gasteiger partial charge in [-0.3, -0.25) is 14.4 Å². The van der Waals surface area contributed by atoms with Gasteiger partial charge in [-0.25, -0.2) is 4.39 Å². The Morgan fingerprint density at radius 3 is 2.25 bits per heavy atom. The molecule has 1 aromatic rings. The van der Waals surface area contributed by atoms with Crippen LogP contribution in [0.5, 0.6) is 0 Å². The highest BCUT2D eigenvalue weighted by atomic mass is 19.1. The Morgan fingerprint density at radius 2 is 1.71 bits per heavy atom. The van der Waals surface area contributed by atoms with Crippen molar-refractivity contribution < 1.29 is 33.4 Å². The van der Waals surface area contributed by atoms with Gasteiger partial charge in [0, 0.05) is 12.3 Å². The van der Waals surface area contributed by atoms with Crippen molar-refractivity contribution in [2.75, 3.05) is 0 Å². The van der Waals surface area contributed by atoms with E-state index in [1.54, 1.807) is 27.7 Å². The molecule has 0 radical (unpaired) electrons. The van der Waals surface area contributed by atoms with Crippen LogP contribution in [0.4, 0.5) is 4.39 Å². The van der Waals surface area contributed by atoms with Crippen LogP contribution < -0.4 is 0 Å². The van der Waals surface area contributed by atoms with Crippen molar-refractivity contribution >= 4 is 17.7 Å². The molecular weight excluding hydrogens is 367 g/mol. The van der Waals surface area contributed by atoms with E-state index in [4.69, 9.17) is 9.47 Å². The molecule has 1 aliphatic rings. The number of hydrogen-bond donors (Lipinski definition) is 1. The molecule has 0 heterocycles. The van der Waals surface area contributed by atoms with E-state index in [1.807, 2.05) is 0 Å². The molecule has 0 aliphatic heterocycles. The fourth-order valence-corrected chi connectivity index (χ4v) is 3.74. The van der Waals surface area contributed by atoms with E-state index < -0.39 is 65.5 Å². The minimum Gasteiger partial charge on any atom is -0.463 e. The van der Waals surface area contributed by atoms with Gasteiger partial charge in [0.25, 0.3) is 0 Å². The third-order valence-electron chi connectivity index (χ3n) is 4.71. The van der Waals surface area contributed by atoms with Crippen molar-refractivity contribution in [3.8, 4) is 0 Å². The second-order valence-corrected chi connectivity index (χ2v) is 8.01. The average Bonchev–Trinajstić information content (AvgIpc) is 2.51. The molecule has 28 heavy (non-hydrogen) atoms. The predicted octanol–water partition coefficient (Wildman–Crippen LogP) is 2.77. The molecule has 0 spiro atoms. The third kappa shape index (κ3) is 4.76. The van der Waals surface area contributed by atoms with Gasteiger partial charge in [0.15, 0.2) is 5.78 Å². The monoisotopic (exact) mass is 394 g/mol. The molecular formula is C21H27FO6. The van der Waals surface area contributed by atoms with Crippen LogP contribution in [0.25, 0.3) is 0 Å². The van der Waals surface area contributed by atoms with Crippen LogP contribution in [-0.4, -0.2) is 40.6 Å². The van der Waals surface area contributed by atoms with Gasteiger partial charge in [0.1, 0.15) is 11.7 Å². The maximum atomic E-state index is 13.9. The quantitative estimate of drug-likeness (QED) is 0.610. The van der Waals surface area contributed by atoms with Gasteiger partial charge in [0.05, 0.1) is 23.7 Å². The van der Waals surface area contributed by atoms with Gasteiger partial charge < -0.3 is 14.6 Å². The second kappa shape index (κ2) is 8.39. The van der Waals surface area contributed by atoms with E-state index in [0.29, 0.717) is 0 Å². The Morgan fingerprint density at radius 1 is 1.14 bits per heavy atom. The van der Waals surface area contributed by atoms with Crippen molar-refractivity contribution in [3.63, 3.8) is 0 Å². The van der Waals surface area contributed by atoms with E-state index in [0.717, 1.165) is 6.07 Å². The number of ketones is 1. The fourth-order valence-electron chi connectivity index (χ4n) is 3.74. The van der Waals surface area contributed by atoms with Gasteiger partial charge in [0.2, 0.25) is 0 Å². The number of Topliss-reactive ketones (excluding diaryl/α,β-unsaturated/α-hetero) is 1. The zero-order chi connectivity index (χ0) is 21.2. The van der Waals surface area contributed by atoms with Gasteiger partial charge >= 0.3 is 11.9 Å². The molecule has 1 fully saturated rings. The number of rotatable bonds is 5. The molecule has 0 amide bonds. The van der Waals surface area contributed by atoms with Crippen molar-refractivity contribution in [1.82, 2.24) is 0 Å². The largest absolute Gasteiger partial charge is 0.463 e. The third-order valence-corrected chi connectivity index (χ3v) is 4.71. The van der Waals surface area contributed by atoms with E-state index >= 15 is 0 Å². The second-order valence-electron chi connectivity index (χ2n) is 8.01. The Balaban J connectivity index is 2.61. The first-order valence-electron chi connectivity index (χ1n) is 9.35. The summed E-state index contributed by atoms with van der Waals surface area (Å²) in [6.07, 6.45) is -1.35. The Hall–Kier alpha value is -2.28. The van der Waals surface area contributed by atoms with Crippen molar-refractivity contribution in [2.24, 2.45) is 11.8 Å². The minimum atomic E-state index is -1.76. The molecule has 6 nitrogen and oxygen atoms in total. The molecule has 0 saturated heterocycles. The summed E-state index contributed by atoms with van der Waals surface area (Å²) >= 11 is 0. The van der Waals surface area contributed by atoms with Crippen LogP contribution in [0.1, 0.15) is 52.5 Å². The predicted molar refractivity (Wildman–Crippen MR) is 98.8 cm³/mol. The van der Waals surface area contributed by atoms with Gasteiger partial charge in [-0.2, -0.15) is 0 Å². The van der Waals surface area contributed by atoms with E-state index in [2.05, 4.69) is 0 Å². The molecule has 1 saturated carbocycles. The lowest BCUT2D eigenvalue weighted by Gasteiger charge is -2.44. The van der Waals surface area contributed by atoms with Crippen LogP contribution in [0.3, 0.4) is 0 Å². The van der Waals surface area contributed by atoms with Crippen molar-refractivity contribution in [3.05, 3.63) is 35.6 Å². The lowest BCUT2D eigenvalue weighted by Crippen LogP contribution is -2.55. The van der Waals surface area contributed by atoms with Crippen LogP contribution in [0.2, 0.25) is 0 Å². The topological polar surface area (TPSA) is 89.9 Å². The molecule has 1 N–H and O–H groups in total. The van der Waals surface area contributed by atoms with E-state index in [9.17, 15) is 23.9 Å². The number of aliphatic hydroxyl groups is 1. The summed E-state index contributed by atoms with van der Waals surface area (Å²) in [5, 5.41) is 10.9. The molecule has 4 atom stereocenters. The smallest absolute Gasteiger partial charge is 0.317 e. The Bertz CT molecular complexity index is 747. The summed E-state index contributed by atoms with van der Waals surface area (Å²) in [7, 11) is 0. The highest BCUT2D eigenvalue weighted by molar-refractivity contribution is 6.02. The first-order valence-corrected chi connectivity index (χ1v) is 9.35. The number of carbonyl (C=O) groups is 3. The summed E-state index contributed by atoms with van der Waals surface area (Å²) in [6.45, 7) is 7.95. The van der Waals surface area contributed by atoms with Crippen LogP contribution in [0, 0.1) is 17.7 Å². The van der Waals surface area contributed by atoms with Gasteiger partial charge in [-0.05, 0) is 52.3 Å². The van der Waals surface area contributed by atoms with Crippen LogP contribution >= 0.6 is 0 Å². The summed E-state index contributed by atoms with van der Waals surface area (Å²) in [6, 6.07) is 5.32. The molecule has 0 aromatic heterocycles.